The molecule has 0 amide bonds. The topological polar surface area (TPSA) is 29.3 Å². The summed E-state index contributed by atoms with van der Waals surface area (Å²) in [7, 11) is 0. The van der Waals surface area contributed by atoms with Gasteiger partial charge < -0.3 is 10.6 Å². The Labute approximate surface area is 115 Å². The van der Waals surface area contributed by atoms with E-state index in [0.717, 1.165) is 22.6 Å². The van der Waals surface area contributed by atoms with Crippen molar-refractivity contribution >= 4 is 17.4 Å². The first-order chi connectivity index (χ1) is 8.63. The van der Waals surface area contributed by atoms with Crippen LogP contribution in [0, 0.1) is 0 Å². The third-order valence-electron chi connectivity index (χ3n) is 3.39. The highest BCUT2D eigenvalue weighted by atomic mass is 32.2. The SMILES string of the molecule is CC1CN(CCCc2cccc(N)c2)CC(C)S1. The maximum atomic E-state index is 5.80. The van der Waals surface area contributed by atoms with Crippen molar-refractivity contribution in [3.05, 3.63) is 29.8 Å². The van der Waals surface area contributed by atoms with Crippen LogP contribution in [0.15, 0.2) is 24.3 Å². The maximum absolute atomic E-state index is 5.80. The summed E-state index contributed by atoms with van der Waals surface area (Å²) in [5, 5.41) is 1.56. The zero-order valence-corrected chi connectivity index (χ0v) is 12.2. The van der Waals surface area contributed by atoms with Crippen molar-refractivity contribution in [1.29, 1.82) is 0 Å². The smallest absolute Gasteiger partial charge is 0.0316 e. The second-order valence-corrected chi connectivity index (χ2v) is 7.25. The molecule has 2 unspecified atom stereocenters. The van der Waals surface area contributed by atoms with Gasteiger partial charge in [0, 0.05) is 29.3 Å². The highest BCUT2D eigenvalue weighted by molar-refractivity contribution is 8.00. The van der Waals surface area contributed by atoms with E-state index >= 15 is 0 Å². The number of hydrogen-bond donors (Lipinski definition) is 1. The molecular weight excluding hydrogens is 240 g/mol. The molecule has 18 heavy (non-hydrogen) atoms. The number of nitrogens with zero attached hydrogens (tertiary/aromatic N) is 1. The monoisotopic (exact) mass is 264 g/mol. The van der Waals surface area contributed by atoms with Gasteiger partial charge >= 0.3 is 0 Å². The van der Waals surface area contributed by atoms with E-state index in [1.807, 2.05) is 12.1 Å². The lowest BCUT2D eigenvalue weighted by Gasteiger charge is -2.34. The minimum absolute atomic E-state index is 0.779. The molecule has 1 fully saturated rings. The second-order valence-electron chi connectivity index (χ2n) is 5.37. The zero-order chi connectivity index (χ0) is 13.0. The Kier molecular flexibility index (Phi) is 4.95. The van der Waals surface area contributed by atoms with Gasteiger partial charge in [-0.1, -0.05) is 26.0 Å². The van der Waals surface area contributed by atoms with Gasteiger partial charge in [-0.15, -0.1) is 0 Å². The lowest BCUT2D eigenvalue weighted by molar-refractivity contribution is 0.268. The average Bonchev–Trinajstić information content (AvgIpc) is 2.27. The molecule has 1 aromatic rings. The molecule has 1 saturated heterocycles. The Morgan fingerprint density at radius 2 is 2.00 bits per heavy atom. The van der Waals surface area contributed by atoms with E-state index in [0.29, 0.717) is 0 Å². The first-order valence-corrected chi connectivity index (χ1v) is 7.80. The largest absolute Gasteiger partial charge is 0.399 e. The summed E-state index contributed by atoms with van der Waals surface area (Å²) in [6.07, 6.45) is 2.37. The molecule has 2 atom stereocenters. The molecule has 0 bridgehead atoms. The quantitative estimate of drug-likeness (QED) is 0.848. The fourth-order valence-corrected chi connectivity index (χ4v) is 4.11. The Balaban J connectivity index is 1.75. The van der Waals surface area contributed by atoms with Crippen LogP contribution in [0.2, 0.25) is 0 Å². The van der Waals surface area contributed by atoms with Crippen molar-refractivity contribution < 1.29 is 0 Å². The maximum Gasteiger partial charge on any atom is 0.0316 e. The van der Waals surface area contributed by atoms with Crippen LogP contribution in [0.1, 0.15) is 25.8 Å². The van der Waals surface area contributed by atoms with Gasteiger partial charge in [-0.25, -0.2) is 0 Å². The highest BCUT2D eigenvalue weighted by Gasteiger charge is 2.21. The van der Waals surface area contributed by atoms with Crippen LogP contribution in [0.25, 0.3) is 0 Å². The van der Waals surface area contributed by atoms with E-state index in [4.69, 9.17) is 5.73 Å². The van der Waals surface area contributed by atoms with E-state index < -0.39 is 0 Å². The predicted molar refractivity (Wildman–Crippen MR) is 82.1 cm³/mol. The number of aryl methyl sites for hydroxylation is 1. The highest BCUT2D eigenvalue weighted by Crippen LogP contribution is 2.24. The number of nitrogens with two attached hydrogens (primary N) is 1. The summed E-state index contributed by atoms with van der Waals surface area (Å²) < 4.78 is 0. The third kappa shape index (κ3) is 4.21. The van der Waals surface area contributed by atoms with Gasteiger partial charge in [0.25, 0.3) is 0 Å². The standard InChI is InChI=1S/C15H24N2S/c1-12-10-17(11-13(2)18-12)8-4-6-14-5-3-7-15(16)9-14/h3,5,7,9,12-13H,4,6,8,10-11,16H2,1-2H3. The number of nitrogen functional groups attached to an aromatic ring is 1. The molecular formula is C15H24N2S. The molecule has 1 aromatic carbocycles. The summed E-state index contributed by atoms with van der Waals surface area (Å²) in [5.74, 6) is 0. The van der Waals surface area contributed by atoms with E-state index in [-0.39, 0.29) is 0 Å². The van der Waals surface area contributed by atoms with Gasteiger partial charge in [0.05, 0.1) is 0 Å². The van der Waals surface area contributed by atoms with E-state index in [1.54, 1.807) is 0 Å². The molecule has 0 aromatic heterocycles. The van der Waals surface area contributed by atoms with Gasteiger partial charge in [-0.2, -0.15) is 11.8 Å². The summed E-state index contributed by atoms with van der Waals surface area (Å²) in [5.41, 5.74) is 8.04. The molecule has 2 N–H and O–H groups in total. The van der Waals surface area contributed by atoms with Crippen molar-refractivity contribution in [1.82, 2.24) is 4.90 Å². The molecule has 3 heteroatoms. The van der Waals surface area contributed by atoms with Gasteiger partial charge in [0.1, 0.15) is 0 Å². The van der Waals surface area contributed by atoms with Crippen LogP contribution in [0.3, 0.4) is 0 Å². The summed E-state index contributed by atoms with van der Waals surface area (Å²) in [4.78, 5) is 2.61. The molecule has 1 heterocycles. The molecule has 2 nitrogen and oxygen atoms in total. The molecule has 0 saturated carbocycles. The summed E-state index contributed by atoms with van der Waals surface area (Å²) in [6, 6.07) is 8.27. The Morgan fingerprint density at radius 1 is 1.28 bits per heavy atom. The second kappa shape index (κ2) is 6.48. The van der Waals surface area contributed by atoms with E-state index in [2.05, 4.69) is 42.6 Å². The third-order valence-corrected chi connectivity index (χ3v) is 4.61. The first-order valence-electron chi connectivity index (χ1n) is 6.85. The van der Waals surface area contributed by atoms with Crippen molar-refractivity contribution in [3.63, 3.8) is 0 Å². The molecule has 0 aliphatic carbocycles. The van der Waals surface area contributed by atoms with Crippen LogP contribution in [0.4, 0.5) is 5.69 Å². The van der Waals surface area contributed by atoms with Crippen molar-refractivity contribution in [2.75, 3.05) is 25.4 Å². The summed E-state index contributed by atoms with van der Waals surface area (Å²) in [6.45, 7) is 8.37. The summed E-state index contributed by atoms with van der Waals surface area (Å²) >= 11 is 2.12. The first kappa shape index (κ1) is 13.8. The van der Waals surface area contributed by atoms with Gasteiger partial charge in [0.2, 0.25) is 0 Å². The number of hydrogen-bond acceptors (Lipinski definition) is 3. The molecule has 1 aliphatic heterocycles. The van der Waals surface area contributed by atoms with Gasteiger partial charge in [-0.05, 0) is 37.1 Å². The van der Waals surface area contributed by atoms with Crippen LogP contribution in [-0.2, 0) is 6.42 Å². The van der Waals surface area contributed by atoms with Crippen LogP contribution in [0.5, 0.6) is 0 Å². The lowest BCUT2D eigenvalue weighted by atomic mass is 10.1. The van der Waals surface area contributed by atoms with Crippen molar-refractivity contribution in [2.45, 2.75) is 37.2 Å². The molecule has 0 spiro atoms. The van der Waals surface area contributed by atoms with Gasteiger partial charge in [0.15, 0.2) is 0 Å². The fraction of sp³-hybridized carbons (Fsp3) is 0.600. The lowest BCUT2D eigenvalue weighted by Crippen LogP contribution is -2.40. The zero-order valence-electron chi connectivity index (χ0n) is 11.4. The van der Waals surface area contributed by atoms with Gasteiger partial charge in [-0.3, -0.25) is 0 Å². The Morgan fingerprint density at radius 3 is 2.67 bits per heavy atom. The molecule has 100 valence electrons. The van der Waals surface area contributed by atoms with Crippen LogP contribution >= 0.6 is 11.8 Å². The number of thioether (sulfide) groups is 1. The number of benzene rings is 1. The van der Waals surface area contributed by atoms with Crippen molar-refractivity contribution in [2.24, 2.45) is 0 Å². The minimum atomic E-state index is 0.779. The van der Waals surface area contributed by atoms with E-state index in [1.165, 1.54) is 31.6 Å². The Bertz CT molecular complexity index is 371. The van der Waals surface area contributed by atoms with Crippen molar-refractivity contribution in [3.8, 4) is 0 Å². The number of anilines is 1. The average molecular weight is 264 g/mol. The van der Waals surface area contributed by atoms with Crippen LogP contribution in [-0.4, -0.2) is 35.0 Å². The Hall–Kier alpha value is -0.670. The number of rotatable bonds is 4. The normalized spacial score (nSPS) is 25.2. The molecule has 0 radical (unpaired) electrons. The van der Waals surface area contributed by atoms with E-state index in [9.17, 15) is 0 Å². The molecule has 1 aliphatic rings. The fourth-order valence-electron chi connectivity index (χ4n) is 2.72. The predicted octanol–water partition coefficient (Wildman–Crippen LogP) is 3.03. The molecule has 2 rings (SSSR count). The minimum Gasteiger partial charge on any atom is -0.399 e. The van der Waals surface area contributed by atoms with Crippen LogP contribution < -0.4 is 5.73 Å².